The van der Waals surface area contributed by atoms with Crippen LogP contribution in [0.3, 0.4) is 0 Å². The molecule has 0 radical (unpaired) electrons. The van der Waals surface area contributed by atoms with Gasteiger partial charge in [-0.3, -0.25) is 0 Å². The molecule has 3 aliphatic heterocycles. The number of hydrogen-bond donors (Lipinski definition) is 1. The van der Waals surface area contributed by atoms with E-state index in [2.05, 4.69) is 47.5 Å². The predicted molar refractivity (Wildman–Crippen MR) is 107 cm³/mol. The summed E-state index contributed by atoms with van der Waals surface area (Å²) in [4.78, 5) is 2.69. The Kier molecular flexibility index (Phi) is 3.93. The molecule has 3 heteroatoms. The Labute approximate surface area is 156 Å². The van der Waals surface area contributed by atoms with Crippen LogP contribution in [0.2, 0.25) is 0 Å². The number of piperidine rings is 1. The molecular formula is C23H28N2O. The summed E-state index contributed by atoms with van der Waals surface area (Å²) >= 11 is 0. The highest BCUT2D eigenvalue weighted by atomic mass is 16.5. The molecule has 2 aromatic rings. The summed E-state index contributed by atoms with van der Waals surface area (Å²) in [6, 6.07) is 11.4. The zero-order valence-electron chi connectivity index (χ0n) is 15.8. The molecule has 1 N–H and O–H groups in total. The highest BCUT2D eigenvalue weighted by molar-refractivity contribution is 5.76. The number of nitrogens with one attached hydrogen (secondary N) is 1. The maximum absolute atomic E-state index is 5.40. The van der Waals surface area contributed by atoms with E-state index in [1.807, 2.05) is 0 Å². The average molecular weight is 348 g/mol. The van der Waals surface area contributed by atoms with Crippen LogP contribution in [0.4, 0.5) is 5.69 Å². The van der Waals surface area contributed by atoms with E-state index >= 15 is 0 Å². The van der Waals surface area contributed by atoms with E-state index in [1.54, 1.807) is 23.9 Å². The number of benzene rings is 2. The number of ether oxygens (including phenoxy) is 1. The molecule has 0 saturated carbocycles. The second kappa shape index (κ2) is 6.31. The summed E-state index contributed by atoms with van der Waals surface area (Å²) in [6.07, 6.45) is 3.81. The molecule has 2 aromatic carbocycles. The molecule has 3 heterocycles. The van der Waals surface area contributed by atoms with Crippen molar-refractivity contribution >= 4 is 5.69 Å². The van der Waals surface area contributed by atoms with Crippen molar-refractivity contribution in [3.8, 4) is 16.9 Å². The van der Waals surface area contributed by atoms with Gasteiger partial charge in [0.1, 0.15) is 5.75 Å². The van der Waals surface area contributed by atoms with Crippen LogP contribution in [-0.4, -0.2) is 33.3 Å². The molecule has 0 bridgehead atoms. The minimum atomic E-state index is 0.672. The molecule has 136 valence electrons. The lowest BCUT2D eigenvalue weighted by molar-refractivity contribution is 0.309. The summed E-state index contributed by atoms with van der Waals surface area (Å²) in [6.45, 7) is 7.00. The van der Waals surface area contributed by atoms with E-state index in [1.165, 1.54) is 55.6 Å². The fourth-order valence-electron chi connectivity index (χ4n) is 5.35. The number of fused-ring (bicyclic) bond motifs is 2. The highest BCUT2D eigenvalue weighted by Gasteiger charge is 2.37. The van der Waals surface area contributed by atoms with Gasteiger partial charge in [-0.25, -0.2) is 0 Å². The quantitative estimate of drug-likeness (QED) is 0.883. The Morgan fingerprint density at radius 2 is 2.12 bits per heavy atom. The van der Waals surface area contributed by atoms with E-state index in [0.29, 0.717) is 5.92 Å². The Morgan fingerprint density at radius 3 is 2.96 bits per heavy atom. The topological polar surface area (TPSA) is 24.5 Å². The molecular weight excluding hydrogens is 320 g/mol. The fraction of sp³-hybridized carbons (Fsp3) is 0.478. The lowest BCUT2D eigenvalue weighted by Crippen LogP contribution is -2.47. The SMILES string of the molecule is COc1ccc(-c2cc3c4c(c2)[C@@H]2CNCC[C@@H]2CN4CCC3)c(C)c1. The first-order chi connectivity index (χ1) is 12.7. The molecule has 26 heavy (non-hydrogen) atoms. The van der Waals surface area contributed by atoms with Gasteiger partial charge in [-0.1, -0.05) is 6.07 Å². The van der Waals surface area contributed by atoms with Crippen LogP contribution in [0.1, 0.15) is 35.4 Å². The molecule has 0 spiro atoms. The summed E-state index contributed by atoms with van der Waals surface area (Å²) in [7, 11) is 1.74. The van der Waals surface area contributed by atoms with Crippen molar-refractivity contribution in [3.63, 3.8) is 0 Å². The minimum Gasteiger partial charge on any atom is -0.497 e. The molecule has 0 aromatic heterocycles. The molecule has 3 nitrogen and oxygen atoms in total. The van der Waals surface area contributed by atoms with E-state index < -0.39 is 0 Å². The third kappa shape index (κ3) is 2.52. The van der Waals surface area contributed by atoms with Crippen molar-refractivity contribution in [3.05, 3.63) is 47.0 Å². The van der Waals surface area contributed by atoms with Gasteiger partial charge in [-0.15, -0.1) is 0 Å². The third-order valence-corrected chi connectivity index (χ3v) is 6.63. The molecule has 2 atom stereocenters. The second-order valence-electron chi connectivity index (χ2n) is 8.16. The standard InChI is InChI=1S/C23H28N2O/c1-15-10-19(26-2)5-6-20(15)18-11-16-4-3-9-25-14-17-7-8-24-13-22(17)21(12-18)23(16)25/h5-6,10-12,17,22,24H,3-4,7-9,13-14H2,1-2H3/t17-,22-/m1/s1. The second-order valence-corrected chi connectivity index (χ2v) is 8.16. The van der Waals surface area contributed by atoms with Crippen LogP contribution in [-0.2, 0) is 6.42 Å². The minimum absolute atomic E-state index is 0.672. The summed E-state index contributed by atoms with van der Waals surface area (Å²) < 4.78 is 5.40. The lowest BCUT2D eigenvalue weighted by Gasteiger charge is -2.46. The van der Waals surface area contributed by atoms with Gasteiger partial charge in [0, 0.05) is 31.2 Å². The maximum Gasteiger partial charge on any atom is 0.119 e. The van der Waals surface area contributed by atoms with Crippen LogP contribution in [0, 0.1) is 12.8 Å². The van der Waals surface area contributed by atoms with Crippen LogP contribution in [0.25, 0.3) is 11.1 Å². The number of anilines is 1. The fourth-order valence-corrected chi connectivity index (χ4v) is 5.35. The number of methoxy groups -OCH3 is 1. The Morgan fingerprint density at radius 1 is 1.19 bits per heavy atom. The number of hydrogen-bond acceptors (Lipinski definition) is 3. The number of rotatable bonds is 2. The highest BCUT2D eigenvalue weighted by Crippen LogP contribution is 2.47. The molecule has 0 aliphatic carbocycles. The van der Waals surface area contributed by atoms with Gasteiger partial charge in [0.05, 0.1) is 7.11 Å². The first-order valence-electron chi connectivity index (χ1n) is 10.0. The maximum atomic E-state index is 5.40. The van der Waals surface area contributed by atoms with Gasteiger partial charge in [0.25, 0.3) is 0 Å². The van der Waals surface area contributed by atoms with Crippen molar-refractivity contribution in [1.29, 1.82) is 0 Å². The summed E-state index contributed by atoms with van der Waals surface area (Å²) in [5.41, 5.74) is 8.73. The van der Waals surface area contributed by atoms with E-state index in [4.69, 9.17) is 4.74 Å². The molecule has 5 rings (SSSR count). The molecule has 1 fully saturated rings. The van der Waals surface area contributed by atoms with Gasteiger partial charge in [0.2, 0.25) is 0 Å². The number of nitrogens with zero attached hydrogens (tertiary/aromatic N) is 1. The first-order valence-corrected chi connectivity index (χ1v) is 10.0. The average Bonchev–Trinajstić information content (AvgIpc) is 2.68. The zero-order valence-corrected chi connectivity index (χ0v) is 15.8. The van der Waals surface area contributed by atoms with Gasteiger partial charge >= 0.3 is 0 Å². The van der Waals surface area contributed by atoms with Crippen LogP contribution < -0.4 is 15.0 Å². The smallest absolute Gasteiger partial charge is 0.119 e. The van der Waals surface area contributed by atoms with Gasteiger partial charge in [0.15, 0.2) is 0 Å². The Balaban J connectivity index is 1.66. The largest absolute Gasteiger partial charge is 0.497 e. The van der Waals surface area contributed by atoms with Crippen molar-refractivity contribution in [1.82, 2.24) is 5.32 Å². The molecule has 0 amide bonds. The lowest BCUT2D eigenvalue weighted by atomic mass is 9.74. The van der Waals surface area contributed by atoms with Crippen molar-refractivity contribution in [2.45, 2.75) is 32.1 Å². The van der Waals surface area contributed by atoms with E-state index in [0.717, 1.165) is 18.2 Å². The van der Waals surface area contributed by atoms with Gasteiger partial charge < -0.3 is 15.0 Å². The van der Waals surface area contributed by atoms with Crippen LogP contribution in [0.15, 0.2) is 30.3 Å². The van der Waals surface area contributed by atoms with Crippen LogP contribution >= 0.6 is 0 Å². The summed E-state index contributed by atoms with van der Waals surface area (Å²) in [5, 5.41) is 3.65. The Bertz CT molecular complexity index is 844. The van der Waals surface area contributed by atoms with Crippen molar-refractivity contribution in [2.75, 3.05) is 38.2 Å². The van der Waals surface area contributed by atoms with E-state index in [9.17, 15) is 0 Å². The molecule has 1 saturated heterocycles. The van der Waals surface area contributed by atoms with E-state index in [-0.39, 0.29) is 0 Å². The monoisotopic (exact) mass is 348 g/mol. The van der Waals surface area contributed by atoms with Crippen molar-refractivity contribution in [2.24, 2.45) is 5.92 Å². The summed E-state index contributed by atoms with van der Waals surface area (Å²) in [5.74, 6) is 2.42. The Hall–Kier alpha value is -2.00. The zero-order chi connectivity index (χ0) is 17.7. The van der Waals surface area contributed by atoms with Gasteiger partial charge in [-0.2, -0.15) is 0 Å². The van der Waals surface area contributed by atoms with Crippen molar-refractivity contribution < 1.29 is 4.74 Å². The van der Waals surface area contributed by atoms with Gasteiger partial charge in [-0.05, 0) is 90.7 Å². The molecule has 3 aliphatic rings. The third-order valence-electron chi connectivity index (χ3n) is 6.63. The van der Waals surface area contributed by atoms with Crippen LogP contribution in [0.5, 0.6) is 5.75 Å². The molecule has 0 unspecified atom stereocenters. The number of aryl methyl sites for hydroxylation is 2. The predicted octanol–water partition coefficient (Wildman–Crippen LogP) is 4.13. The first kappa shape index (κ1) is 16.2. The normalized spacial score (nSPS) is 24.0.